The van der Waals surface area contributed by atoms with Crippen LogP contribution in [-0.4, -0.2) is 156 Å². The molecule has 3 amide bonds. The summed E-state index contributed by atoms with van der Waals surface area (Å²) >= 11 is 18.0. The number of esters is 1. The first-order valence-electron chi connectivity index (χ1n) is 32.9. The van der Waals surface area contributed by atoms with E-state index in [-0.39, 0.29) is 96.4 Å². The predicted molar refractivity (Wildman–Crippen MR) is 398 cm³/mol. The van der Waals surface area contributed by atoms with Crippen LogP contribution in [0.2, 0.25) is 15.1 Å². The molecule has 32 heteroatoms. The first kappa shape index (κ1) is 88.6. The minimum absolute atomic E-state index is 0. The van der Waals surface area contributed by atoms with E-state index in [1.54, 1.807) is 67.6 Å². The van der Waals surface area contributed by atoms with Gasteiger partial charge >= 0.3 is 41.5 Å². The van der Waals surface area contributed by atoms with Crippen LogP contribution < -0.4 is 65.9 Å². The molecule has 0 unspecified atom stereocenters. The van der Waals surface area contributed by atoms with E-state index in [0.29, 0.717) is 144 Å². The summed E-state index contributed by atoms with van der Waals surface area (Å²) in [6.07, 6.45) is 13.3. The van der Waals surface area contributed by atoms with E-state index in [2.05, 4.69) is 51.7 Å². The van der Waals surface area contributed by atoms with Crippen molar-refractivity contribution in [2.75, 3.05) is 95.3 Å². The van der Waals surface area contributed by atoms with E-state index >= 15 is 0 Å². The fourth-order valence-corrected chi connectivity index (χ4v) is 13.5. The molecule has 6 heterocycles. The standard InChI is InChI=1S/C25H32ClN3O4S.C22H26ClN3O5S.C20H22ClN3O5S.C4H11N.Na.H2O/c1-25(2,3)15-20(30)12-17-8-10-29(11-9-17)23-22(14-21(16-27-23)34(4,32)33)28-24(31)18-6-5-7-19(26)13-18;1-3-31-20(27)11-15-7-9-26(10-8-15)21-19(13-18(14-24-21)32(2,29)30)25-22(28)16-5-4-6-17(23)12-16;1-30(28,29)16-11-17(23-20(27)14-3-2-4-15(21)10-14)19(22-12-16)24-7-5-13(6-8-24)9-18(25)26;1-4(2,3)5;;/h5-7,13-14,16-17H,8-12,15H2,1-4H3,(H,28,31);4-6,12-15H,3,7-11H2,1-2H3,(H,25,28);2-4,10-13H,5-9H2,1H3,(H,23,27)(H,25,26);5H2,1-3H3;;1H2/q;;;;+1;/p-1. The van der Waals surface area contributed by atoms with Gasteiger partial charge in [0.1, 0.15) is 5.78 Å². The van der Waals surface area contributed by atoms with Crippen molar-refractivity contribution in [3.05, 3.63) is 141 Å². The van der Waals surface area contributed by atoms with Gasteiger partial charge in [-0.2, -0.15) is 0 Å². The third-order valence-electron chi connectivity index (χ3n) is 16.0. The number of piperidine rings is 3. The molecule has 103 heavy (non-hydrogen) atoms. The number of halogens is 3. The average molecular weight is 1550 g/mol. The van der Waals surface area contributed by atoms with Crippen molar-refractivity contribution < 1.29 is 98.9 Å². The Labute approximate surface area is 641 Å². The smallest absolute Gasteiger partial charge is 0.870 e. The largest absolute Gasteiger partial charge is 1.00 e. The molecule has 25 nitrogen and oxygen atoms in total. The number of sulfone groups is 3. The van der Waals surface area contributed by atoms with Crippen molar-refractivity contribution in [1.29, 1.82) is 0 Å². The zero-order chi connectivity index (χ0) is 74.8. The quantitative estimate of drug-likeness (QED) is 0.0351. The number of amides is 3. The van der Waals surface area contributed by atoms with Crippen molar-refractivity contribution in [2.24, 2.45) is 28.9 Å². The second-order valence-corrected chi connectivity index (χ2v) is 34.9. The number of ketones is 1. The minimum atomic E-state index is -3.52. The molecule has 0 aliphatic carbocycles. The molecule has 3 aromatic carbocycles. The molecule has 556 valence electrons. The number of anilines is 6. The van der Waals surface area contributed by atoms with Gasteiger partial charge in [-0.1, -0.05) is 73.8 Å². The monoisotopic (exact) mass is 1550 g/mol. The number of benzene rings is 3. The topological polar surface area (TPSA) is 375 Å². The molecule has 0 atom stereocenters. The summed E-state index contributed by atoms with van der Waals surface area (Å²) in [5.41, 5.74) is 7.29. The maximum absolute atomic E-state index is 12.8. The Hall–Kier alpha value is -6.83. The third-order valence-corrected chi connectivity index (χ3v) is 20.0. The number of aromatic nitrogens is 3. The van der Waals surface area contributed by atoms with E-state index < -0.39 is 53.2 Å². The van der Waals surface area contributed by atoms with Crippen molar-refractivity contribution in [3.8, 4) is 0 Å². The summed E-state index contributed by atoms with van der Waals surface area (Å²) in [6, 6.07) is 23.7. The number of Topliss-reactive ketones (excluding diaryl/α,β-unsaturated/α-hetero) is 1. The van der Waals surface area contributed by atoms with Crippen LogP contribution in [0.1, 0.15) is 144 Å². The van der Waals surface area contributed by atoms with Crippen LogP contribution in [0, 0.1) is 23.2 Å². The Kier molecular flexibility index (Phi) is 34.0. The molecular formula is C71H92Cl3N10NaO15S3. The van der Waals surface area contributed by atoms with Crippen molar-refractivity contribution in [1.82, 2.24) is 15.0 Å². The number of carbonyl (C=O) groups is 6. The van der Waals surface area contributed by atoms with Gasteiger partial charge in [-0.25, -0.2) is 40.2 Å². The number of ether oxygens (including phenoxy) is 1. The summed E-state index contributed by atoms with van der Waals surface area (Å²) in [4.78, 5) is 92.5. The molecule has 7 N–H and O–H groups in total. The molecule has 0 radical (unpaired) electrons. The zero-order valence-corrected chi connectivity index (χ0v) is 66.7. The van der Waals surface area contributed by atoms with E-state index in [1.807, 2.05) is 35.5 Å². The van der Waals surface area contributed by atoms with Gasteiger partial charge in [0.25, 0.3) is 17.7 Å². The first-order valence-corrected chi connectivity index (χ1v) is 39.7. The number of carbonyl (C=O) groups excluding carboxylic acids is 5. The summed E-state index contributed by atoms with van der Waals surface area (Å²) in [5.74, 6) is 0.0700. The summed E-state index contributed by atoms with van der Waals surface area (Å²) in [5, 5.41) is 18.6. The number of nitrogens with one attached hydrogen (secondary N) is 3. The van der Waals surface area contributed by atoms with Gasteiger partial charge in [0, 0.05) is 140 Å². The number of pyridine rings is 3. The molecule has 6 aromatic rings. The number of hydrogen-bond donors (Lipinski definition) is 5. The van der Waals surface area contributed by atoms with Crippen LogP contribution in [0.15, 0.2) is 124 Å². The number of carboxylic acid groups (broad SMARTS) is 1. The molecule has 3 fully saturated rings. The van der Waals surface area contributed by atoms with Crippen molar-refractivity contribution >= 4 is 134 Å². The first-order chi connectivity index (χ1) is 47.1. The molecule has 3 aliphatic rings. The number of nitrogens with zero attached hydrogens (tertiary/aromatic N) is 6. The van der Waals surface area contributed by atoms with Crippen molar-refractivity contribution in [2.45, 2.75) is 133 Å². The van der Waals surface area contributed by atoms with Crippen LogP contribution in [0.4, 0.5) is 34.5 Å². The molecule has 0 spiro atoms. The number of carboxylic acids is 1. The van der Waals surface area contributed by atoms with Gasteiger partial charge in [-0.3, -0.25) is 28.8 Å². The Morgan fingerprint density at radius 1 is 0.515 bits per heavy atom. The number of nitrogens with two attached hydrogens (primary N) is 1. The van der Waals surface area contributed by atoms with E-state index in [4.69, 9.17) is 50.4 Å². The van der Waals surface area contributed by atoms with Gasteiger partial charge in [-0.15, -0.1) is 0 Å². The molecule has 0 saturated carbocycles. The predicted octanol–water partition coefficient (Wildman–Crippen LogP) is 9.22. The molecule has 0 bridgehead atoms. The van der Waals surface area contributed by atoms with Crippen LogP contribution in [-0.2, 0) is 48.6 Å². The van der Waals surface area contributed by atoms with Crippen LogP contribution >= 0.6 is 34.8 Å². The second-order valence-electron chi connectivity index (χ2n) is 27.6. The Balaban J connectivity index is 0.000000314. The van der Waals surface area contributed by atoms with Crippen LogP contribution in [0.25, 0.3) is 0 Å². The fraction of sp³-hybridized carbons (Fsp3) is 0.451. The normalized spacial score (nSPS) is 14.6. The van der Waals surface area contributed by atoms with Gasteiger partial charge in [-0.05, 0) is 162 Å². The van der Waals surface area contributed by atoms with E-state index in [1.165, 1.54) is 48.9 Å². The average Bonchev–Trinajstić information content (AvgIpc) is 0.810. The van der Waals surface area contributed by atoms with Gasteiger partial charge in [0.2, 0.25) is 0 Å². The third kappa shape index (κ3) is 29.9. The molecule has 3 aromatic heterocycles. The number of hydrogen-bond acceptors (Lipinski definition) is 21. The zero-order valence-electron chi connectivity index (χ0n) is 60.0. The maximum Gasteiger partial charge on any atom is 1.00 e. The molecule has 3 saturated heterocycles. The maximum atomic E-state index is 12.8. The van der Waals surface area contributed by atoms with E-state index in [0.717, 1.165) is 44.5 Å². The summed E-state index contributed by atoms with van der Waals surface area (Å²) < 4.78 is 77.3. The fourth-order valence-electron chi connectivity index (χ4n) is 11.2. The number of rotatable bonds is 20. The van der Waals surface area contributed by atoms with Gasteiger partial charge in [0.05, 0.1) is 38.4 Å². The molecule has 9 rings (SSSR count). The van der Waals surface area contributed by atoms with Crippen LogP contribution in [0.5, 0.6) is 0 Å². The molecule has 3 aliphatic heterocycles. The minimum Gasteiger partial charge on any atom is -0.870 e. The Morgan fingerprint density at radius 3 is 1.05 bits per heavy atom. The number of aliphatic carboxylic acids is 1. The Morgan fingerprint density at radius 2 is 0.796 bits per heavy atom. The summed E-state index contributed by atoms with van der Waals surface area (Å²) in [7, 11) is -10.5. The summed E-state index contributed by atoms with van der Waals surface area (Å²) in [6.45, 7) is 17.9. The van der Waals surface area contributed by atoms with Gasteiger partial charge < -0.3 is 51.7 Å². The van der Waals surface area contributed by atoms with E-state index in [9.17, 15) is 54.0 Å². The second kappa shape index (κ2) is 39.5. The van der Waals surface area contributed by atoms with Crippen LogP contribution in [0.3, 0.4) is 0 Å². The van der Waals surface area contributed by atoms with Gasteiger partial charge in [0.15, 0.2) is 47.0 Å². The van der Waals surface area contributed by atoms with Crippen molar-refractivity contribution in [3.63, 3.8) is 0 Å². The SMILES string of the molecule is CC(C)(C)CC(=O)CC1CCN(c2ncc(S(C)(=O)=O)cc2NC(=O)c2cccc(Cl)c2)CC1.CC(C)(C)N.CCOC(=O)CC1CCN(c2ncc(S(C)(=O)=O)cc2NC(=O)c2cccc(Cl)c2)CC1.CS(=O)(=O)c1cnc(N2CCC(CC(=O)O)CC2)c(NC(=O)c2cccc(Cl)c2)c1.[Na+].[OH-]. The Bertz CT molecular complexity index is 4290. The molecular weight excluding hydrogens is 1460 g/mol.